The van der Waals surface area contributed by atoms with Gasteiger partial charge in [0.25, 0.3) is 0 Å². The second-order valence-corrected chi connectivity index (χ2v) is 1.34. The monoisotopic (exact) mass is 162 g/mol. The summed E-state index contributed by atoms with van der Waals surface area (Å²) >= 11 is 0. The Balaban J connectivity index is -0.0000000267. The predicted molar refractivity (Wildman–Crippen MR) is 34.2 cm³/mol. The average molecular weight is 162 g/mol. The molecule has 0 aliphatic carbocycles. The lowest BCUT2D eigenvalue weighted by Crippen LogP contribution is -1.89. The molecule has 54 valence electrons. The van der Waals surface area contributed by atoms with Gasteiger partial charge in [-0.3, -0.25) is 9.11 Å². The van der Waals surface area contributed by atoms with Gasteiger partial charge in [0.05, 0.1) is 0 Å². The minimum Gasteiger partial charge on any atom is -0.344 e. The average Bonchev–Trinajstić information content (AvgIpc) is 0.722. The van der Waals surface area contributed by atoms with Crippen molar-refractivity contribution in [2.24, 2.45) is 0 Å². The molecule has 0 aliphatic heterocycles. The van der Waals surface area contributed by atoms with E-state index < -0.39 is 10.4 Å². The summed E-state index contributed by atoms with van der Waals surface area (Å²) in [5, 5.41) is 0. The van der Waals surface area contributed by atoms with Crippen molar-refractivity contribution in [2.75, 3.05) is 0 Å². The molecular weight excluding hydrogens is 151 g/mol. The van der Waals surface area contributed by atoms with E-state index in [1.165, 1.54) is 0 Å². The Morgan fingerprint density at radius 1 is 1.00 bits per heavy atom. The third kappa shape index (κ3) is 1720. The van der Waals surface area contributed by atoms with E-state index in [9.17, 15) is 0 Å². The standard InChI is InChI=1S/Al.2H3N.H2O4S.3H/c;;;1-5(2,3)4;;;/h;2*1H3;(H2,1,2,3,4);;;. The van der Waals surface area contributed by atoms with Crippen LogP contribution in [0.5, 0.6) is 0 Å². The molecular formula is H11AlN2O4S. The van der Waals surface area contributed by atoms with Gasteiger partial charge in [0, 0.05) is 0 Å². The van der Waals surface area contributed by atoms with Crippen LogP contribution in [0.4, 0.5) is 0 Å². The highest BCUT2D eigenvalue weighted by molar-refractivity contribution is 7.79. The van der Waals surface area contributed by atoms with Crippen LogP contribution in [0.15, 0.2) is 0 Å². The van der Waals surface area contributed by atoms with Crippen molar-refractivity contribution in [1.82, 2.24) is 12.3 Å². The molecule has 0 spiro atoms. The summed E-state index contributed by atoms with van der Waals surface area (Å²) in [5.74, 6) is 0. The van der Waals surface area contributed by atoms with Gasteiger partial charge in [-0.1, -0.05) is 0 Å². The zero-order valence-corrected chi connectivity index (χ0v) is 4.35. The van der Waals surface area contributed by atoms with Crippen molar-refractivity contribution >= 4 is 27.8 Å². The Bertz CT molecular complexity index is 97.2. The maximum Gasteiger partial charge on any atom is 0.394 e. The fourth-order valence-electron chi connectivity index (χ4n) is 0. The molecule has 8 N–H and O–H groups in total. The van der Waals surface area contributed by atoms with Gasteiger partial charge in [0.15, 0.2) is 17.4 Å². The van der Waals surface area contributed by atoms with E-state index in [-0.39, 0.29) is 29.7 Å². The minimum absolute atomic E-state index is 0. The number of rotatable bonds is 0. The quantitative estimate of drug-likeness (QED) is 0.251. The van der Waals surface area contributed by atoms with Crippen molar-refractivity contribution in [3.8, 4) is 0 Å². The summed E-state index contributed by atoms with van der Waals surface area (Å²) in [6.07, 6.45) is 0. The first-order chi connectivity index (χ1) is 2.00. The smallest absolute Gasteiger partial charge is 0.344 e. The number of hydrogen-bond acceptors (Lipinski definition) is 4. The maximum absolute atomic E-state index is 8.74. The first kappa shape index (κ1) is 23.9. The van der Waals surface area contributed by atoms with Gasteiger partial charge in [0.2, 0.25) is 0 Å². The molecule has 0 aromatic carbocycles. The molecule has 0 saturated heterocycles. The van der Waals surface area contributed by atoms with Gasteiger partial charge in [-0.2, -0.15) is 8.42 Å². The Kier molecular flexibility index (Phi) is 21.9. The van der Waals surface area contributed by atoms with E-state index in [1.807, 2.05) is 0 Å². The fourth-order valence-corrected chi connectivity index (χ4v) is 0. The van der Waals surface area contributed by atoms with Crippen LogP contribution >= 0.6 is 0 Å². The molecule has 0 heterocycles. The predicted octanol–water partition coefficient (Wildman–Crippen LogP) is -1.51. The van der Waals surface area contributed by atoms with Crippen LogP contribution in [-0.4, -0.2) is 34.9 Å². The van der Waals surface area contributed by atoms with E-state index in [4.69, 9.17) is 17.5 Å². The highest BCUT2D eigenvalue weighted by Gasteiger charge is 1.84. The molecule has 8 heavy (non-hydrogen) atoms. The van der Waals surface area contributed by atoms with E-state index in [2.05, 4.69) is 0 Å². The summed E-state index contributed by atoms with van der Waals surface area (Å²) in [6, 6.07) is 0. The topological polar surface area (TPSA) is 145 Å². The first-order valence-electron chi connectivity index (χ1n) is 0.698. The van der Waals surface area contributed by atoms with E-state index in [0.717, 1.165) is 0 Å². The molecule has 0 radical (unpaired) electrons. The lowest BCUT2D eigenvalue weighted by molar-refractivity contribution is 0.381. The van der Waals surface area contributed by atoms with Crippen molar-refractivity contribution in [1.29, 1.82) is 0 Å². The zero-order chi connectivity index (χ0) is 4.50. The largest absolute Gasteiger partial charge is 0.394 e. The summed E-state index contributed by atoms with van der Waals surface area (Å²) in [5.41, 5.74) is 0. The van der Waals surface area contributed by atoms with Gasteiger partial charge >= 0.3 is 10.4 Å². The molecule has 0 rings (SSSR count). The second kappa shape index (κ2) is 7.32. The molecule has 0 bridgehead atoms. The van der Waals surface area contributed by atoms with Crippen LogP contribution in [0.1, 0.15) is 0 Å². The Labute approximate surface area is 58.2 Å². The molecule has 0 fully saturated rings. The Morgan fingerprint density at radius 3 is 1.00 bits per heavy atom. The normalized spacial score (nSPS) is 7.25. The van der Waals surface area contributed by atoms with Crippen LogP contribution < -0.4 is 12.3 Å². The van der Waals surface area contributed by atoms with Gasteiger partial charge in [-0.15, -0.1) is 0 Å². The van der Waals surface area contributed by atoms with E-state index in [1.54, 1.807) is 0 Å². The Hall–Kier alpha value is 0.322. The van der Waals surface area contributed by atoms with Crippen molar-refractivity contribution in [3.63, 3.8) is 0 Å². The highest BCUT2D eigenvalue weighted by atomic mass is 32.3. The molecule has 0 aromatic rings. The molecule has 0 amide bonds. The zero-order valence-electron chi connectivity index (χ0n) is 3.53. The fraction of sp³-hybridized carbons (Fsp3) is 0. The van der Waals surface area contributed by atoms with Gasteiger partial charge in [-0.05, 0) is 0 Å². The minimum atomic E-state index is -4.67. The third-order valence-corrected chi connectivity index (χ3v) is 0. The summed E-state index contributed by atoms with van der Waals surface area (Å²) in [4.78, 5) is 0. The molecule has 0 unspecified atom stereocenters. The van der Waals surface area contributed by atoms with Crippen molar-refractivity contribution < 1.29 is 17.5 Å². The second-order valence-electron chi connectivity index (χ2n) is 0.448. The molecule has 0 aliphatic rings. The number of hydrogen-bond donors (Lipinski definition) is 4. The van der Waals surface area contributed by atoms with E-state index >= 15 is 0 Å². The van der Waals surface area contributed by atoms with Crippen LogP contribution in [0.25, 0.3) is 0 Å². The molecule has 0 atom stereocenters. The molecule has 6 nitrogen and oxygen atoms in total. The van der Waals surface area contributed by atoms with Gasteiger partial charge in [0.1, 0.15) is 0 Å². The first-order valence-corrected chi connectivity index (χ1v) is 2.10. The molecule has 0 saturated carbocycles. The van der Waals surface area contributed by atoms with Crippen LogP contribution in [0, 0.1) is 0 Å². The highest BCUT2D eigenvalue weighted by Crippen LogP contribution is 1.59. The SMILES string of the molecule is N.N.O=S(=O)(O)O.[AlH3]. The van der Waals surface area contributed by atoms with Crippen LogP contribution in [-0.2, 0) is 10.4 Å². The third-order valence-electron chi connectivity index (χ3n) is 0. The lowest BCUT2D eigenvalue weighted by Gasteiger charge is -1.68. The van der Waals surface area contributed by atoms with Crippen LogP contribution in [0.3, 0.4) is 0 Å². The van der Waals surface area contributed by atoms with Crippen molar-refractivity contribution in [2.45, 2.75) is 0 Å². The van der Waals surface area contributed by atoms with Gasteiger partial charge < -0.3 is 12.3 Å². The van der Waals surface area contributed by atoms with E-state index in [0.29, 0.717) is 0 Å². The molecule has 0 aromatic heterocycles. The van der Waals surface area contributed by atoms with Crippen LogP contribution in [0.2, 0.25) is 0 Å². The van der Waals surface area contributed by atoms with Gasteiger partial charge in [-0.25, -0.2) is 0 Å². The molecule has 8 heteroatoms. The summed E-state index contributed by atoms with van der Waals surface area (Å²) in [6.45, 7) is 0. The van der Waals surface area contributed by atoms with Crippen molar-refractivity contribution in [3.05, 3.63) is 0 Å². The summed E-state index contributed by atoms with van der Waals surface area (Å²) in [7, 11) is -4.67. The maximum atomic E-state index is 8.74. The summed E-state index contributed by atoms with van der Waals surface area (Å²) < 4.78 is 31.6. The lowest BCUT2D eigenvalue weighted by atomic mass is 14.0. The Morgan fingerprint density at radius 2 is 1.00 bits per heavy atom.